The first kappa shape index (κ1) is 49.9. The van der Waals surface area contributed by atoms with Gasteiger partial charge < -0.3 is 14.2 Å². The summed E-state index contributed by atoms with van der Waals surface area (Å²) >= 11 is 0. The maximum atomic E-state index is 12.6. The number of hydrogen-bond acceptors (Lipinski definition) is 5. The molecule has 5 nitrogen and oxygen atoms in total. The highest BCUT2D eigenvalue weighted by Crippen LogP contribution is 2.13. The lowest BCUT2D eigenvalue weighted by atomic mass is 10.1. The molecule has 0 aromatic rings. The summed E-state index contributed by atoms with van der Waals surface area (Å²) < 4.78 is 17.2. The number of allylic oxidation sites excluding steroid dienone is 8. The highest BCUT2D eigenvalue weighted by atomic mass is 16.6. The Morgan fingerprint density at radius 1 is 0.442 bits per heavy atom. The standard InChI is InChI=1S/C47H84O5/c1-4-7-10-13-16-18-20-21-22-23-24-25-26-27-28-29-32-34-37-40-46(48)51-44-45(52-47(49)41-38-35-31-15-12-9-6-3)43-50-42-39-36-33-30-19-17-14-11-8-5-2/h7,10,16,18,21-22,24-25,45H,4-6,8-9,11-15,17,19-20,23,26-44H2,1-3H3/b10-7-,18-16-,22-21-,25-24-. The fraction of sp³-hybridized carbons (Fsp3) is 0.787. The molecule has 0 saturated heterocycles. The average Bonchev–Trinajstić information content (AvgIpc) is 3.14. The zero-order valence-corrected chi connectivity index (χ0v) is 34.6. The number of carbonyl (C=O) groups excluding carboxylic acids is 2. The second kappa shape index (κ2) is 43.3. The predicted molar refractivity (Wildman–Crippen MR) is 224 cm³/mol. The topological polar surface area (TPSA) is 61.8 Å². The lowest BCUT2D eigenvalue weighted by Gasteiger charge is -2.18. The third-order valence-corrected chi connectivity index (χ3v) is 9.38. The van der Waals surface area contributed by atoms with Crippen LogP contribution in [0.5, 0.6) is 0 Å². The quantitative estimate of drug-likeness (QED) is 0.0357. The van der Waals surface area contributed by atoms with Gasteiger partial charge in [-0.2, -0.15) is 0 Å². The number of esters is 2. The Morgan fingerprint density at radius 2 is 0.865 bits per heavy atom. The summed E-state index contributed by atoms with van der Waals surface area (Å²) in [6.07, 6.45) is 51.1. The van der Waals surface area contributed by atoms with Crippen LogP contribution in [0, 0.1) is 0 Å². The van der Waals surface area contributed by atoms with Crippen LogP contribution in [0.1, 0.15) is 213 Å². The molecule has 0 aliphatic heterocycles. The third kappa shape index (κ3) is 40.6. The van der Waals surface area contributed by atoms with E-state index >= 15 is 0 Å². The zero-order valence-electron chi connectivity index (χ0n) is 34.6. The van der Waals surface area contributed by atoms with E-state index in [0.29, 0.717) is 19.4 Å². The molecular formula is C47H84O5. The van der Waals surface area contributed by atoms with Gasteiger partial charge in [0.05, 0.1) is 6.61 Å². The first-order valence-electron chi connectivity index (χ1n) is 22.2. The van der Waals surface area contributed by atoms with Crippen molar-refractivity contribution in [2.45, 2.75) is 219 Å². The lowest BCUT2D eigenvalue weighted by Crippen LogP contribution is -2.30. The van der Waals surface area contributed by atoms with Crippen LogP contribution in [-0.2, 0) is 23.8 Å². The molecule has 52 heavy (non-hydrogen) atoms. The summed E-state index contributed by atoms with van der Waals surface area (Å²) in [7, 11) is 0. The van der Waals surface area contributed by atoms with Gasteiger partial charge in [-0.25, -0.2) is 0 Å². The van der Waals surface area contributed by atoms with Crippen LogP contribution in [0.2, 0.25) is 0 Å². The summed E-state index contributed by atoms with van der Waals surface area (Å²) in [6.45, 7) is 7.67. The van der Waals surface area contributed by atoms with E-state index in [1.807, 2.05) is 0 Å². The number of unbranched alkanes of at least 4 members (excludes halogenated alkanes) is 21. The number of hydrogen-bond donors (Lipinski definition) is 0. The Morgan fingerprint density at radius 3 is 1.38 bits per heavy atom. The summed E-state index contributed by atoms with van der Waals surface area (Å²) in [5.41, 5.74) is 0. The fourth-order valence-corrected chi connectivity index (χ4v) is 6.09. The molecule has 0 saturated carbocycles. The van der Waals surface area contributed by atoms with Crippen molar-refractivity contribution in [1.82, 2.24) is 0 Å². The maximum absolute atomic E-state index is 12.6. The minimum absolute atomic E-state index is 0.0803. The molecule has 0 aliphatic rings. The van der Waals surface area contributed by atoms with Crippen LogP contribution in [-0.4, -0.2) is 37.9 Å². The van der Waals surface area contributed by atoms with Crippen LogP contribution >= 0.6 is 0 Å². The molecule has 0 aromatic carbocycles. The molecule has 1 atom stereocenters. The van der Waals surface area contributed by atoms with Gasteiger partial charge in [-0.1, -0.05) is 191 Å². The molecule has 1 unspecified atom stereocenters. The SMILES string of the molecule is CC/C=C\C/C=C\C/C=C\C/C=C\CCCCCCCCC(=O)OCC(COCCCCCCCCCCCC)OC(=O)CCCCCCCCC. The van der Waals surface area contributed by atoms with Crippen molar-refractivity contribution in [2.75, 3.05) is 19.8 Å². The third-order valence-electron chi connectivity index (χ3n) is 9.38. The molecule has 0 bridgehead atoms. The molecule has 302 valence electrons. The van der Waals surface area contributed by atoms with Crippen LogP contribution in [0.4, 0.5) is 0 Å². The van der Waals surface area contributed by atoms with Crippen molar-refractivity contribution >= 4 is 11.9 Å². The van der Waals surface area contributed by atoms with Crippen molar-refractivity contribution in [2.24, 2.45) is 0 Å². The Labute approximate surface area is 322 Å². The number of carbonyl (C=O) groups is 2. The van der Waals surface area contributed by atoms with Gasteiger partial charge in [-0.05, 0) is 57.8 Å². The molecule has 0 N–H and O–H groups in total. The van der Waals surface area contributed by atoms with E-state index in [1.165, 1.54) is 103 Å². The van der Waals surface area contributed by atoms with Crippen molar-refractivity contribution in [1.29, 1.82) is 0 Å². The van der Waals surface area contributed by atoms with Crippen molar-refractivity contribution < 1.29 is 23.8 Å². The van der Waals surface area contributed by atoms with Crippen LogP contribution in [0.15, 0.2) is 48.6 Å². The normalized spacial score (nSPS) is 12.6. The second-order valence-electron chi connectivity index (χ2n) is 14.6. The molecule has 5 heteroatoms. The average molecular weight is 729 g/mol. The second-order valence-corrected chi connectivity index (χ2v) is 14.6. The first-order valence-corrected chi connectivity index (χ1v) is 22.2. The Bertz CT molecular complexity index is 873. The Balaban J connectivity index is 4.13. The molecule has 0 heterocycles. The molecular weight excluding hydrogens is 645 g/mol. The molecule has 0 rings (SSSR count). The van der Waals surface area contributed by atoms with Crippen LogP contribution in [0.3, 0.4) is 0 Å². The minimum atomic E-state index is -0.533. The fourth-order valence-electron chi connectivity index (χ4n) is 6.09. The van der Waals surface area contributed by atoms with E-state index in [9.17, 15) is 9.59 Å². The van der Waals surface area contributed by atoms with E-state index in [4.69, 9.17) is 14.2 Å². The first-order chi connectivity index (χ1) is 25.6. The molecule has 0 amide bonds. The van der Waals surface area contributed by atoms with E-state index in [-0.39, 0.29) is 25.2 Å². The maximum Gasteiger partial charge on any atom is 0.306 e. The molecule has 0 spiro atoms. The molecule has 0 fully saturated rings. The van der Waals surface area contributed by atoms with E-state index in [2.05, 4.69) is 69.4 Å². The van der Waals surface area contributed by atoms with E-state index in [0.717, 1.165) is 77.0 Å². The summed E-state index contributed by atoms with van der Waals surface area (Å²) in [4.78, 5) is 25.1. The highest BCUT2D eigenvalue weighted by Gasteiger charge is 2.17. The van der Waals surface area contributed by atoms with Crippen molar-refractivity contribution in [3.63, 3.8) is 0 Å². The highest BCUT2D eigenvalue weighted by molar-refractivity contribution is 5.70. The minimum Gasteiger partial charge on any atom is -0.462 e. The van der Waals surface area contributed by atoms with Gasteiger partial charge in [0.2, 0.25) is 0 Å². The summed E-state index contributed by atoms with van der Waals surface area (Å²) in [5.74, 6) is -0.415. The van der Waals surface area contributed by atoms with Gasteiger partial charge in [-0.3, -0.25) is 9.59 Å². The Hall–Kier alpha value is -2.14. The summed E-state index contributed by atoms with van der Waals surface area (Å²) in [5, 5.41) is 0. The molecule has 0 aromatic heterocycles. The van der Waals surface area contributed by atoms with E-state index < -0.39 is 6.10 Å². The lowest BCUT2D eigenvalue weighted by molar-refractivity contribution is -0.163. The van der Waals surface area contributed by atoms with E-state index in [1.54, 1.807) is 0 Å². The summed E-state index contributed by atoms with van der Waals surface area (Å²) in [6, 6.07) is 0. The molecule has 0 radical (unpaired) electrons. The monoisotopic (exact) mass is 729 g/mol. The van der Waals surface area contributed by atoms with Gasteiger partial charge in [-0.15, -0.1) is 0 Å². The van der Waals surface area contributed by atoms with Gasteiger partial charge in [0, 0.05) is 19.4 Å². The van der Waals surface area contributed by atoms with Crippen molar-refractivity contribution in [3.8, 4) is 0 Å². The predicted octanol–water partition coefficient (Wildman–Crippen LogP) is 14.4. The largest absolute Gasteiger partial charge is 0.462 e. The van der Waals surface area contributed by atoms with Gasteiger partial charge in [0.1, 0.15) is 6.61 Å². The Kier molecular flexibility index (Phi) is 41.5. The van der Waals surface area contributed by atoms with Gasteiger partial charge in [0.25, 0.3) is 0 Å². The van der Waals surface area contributed by atoms with Crippen LogP contribution < -0.4 is 0 Å². The number of rotatable bonds is 40. The van der Waals surface area contributed by atoms with Gasteiger partial charge in [0.15, 0.2) is 6.10 Å². The van der Waals surface area contributed by atoms with Crippen molar-refractivity contribution in [3.05, 3.63) is 48.6 Å². The van der Waals surface area contributed by atoms with Gasteiger partial charge >= 0.3 is 11.9 Å². The molecule has 0 aliphatic carbocycles. The smallest absolute Gasteiger partial charge is 0.306 e. The zero-order chi connectivity index (χ0) is 37.8. The number of ether oxygens (including phenoxy) is 3. The van der Waals surface area contributed by atoms with Crippen LogP contribution in [0.25, 0.3) is 0 Å².